The normalized spacial score (nSPS) is 14.5. The topological polar surface area (TPSA) is 76.6 Å². The van der Waals surface area contributed by atoms with Crippen molar-refractivity contribution in [3.8, 4) is 11.3 Å². The van der Waals surface area contributed by atoms with Gasteiger partial charge in [-0.15, -0.1) is 0 Å². The Kier molecular flexibility index (Phi) is 5.63. The lowest BCUT2D eigenvalue weighted by Crippen LogP contribution is -2.25. The maximum Gasteiger partial charge on any atom is 0.269 e. The Morgan fingerprint density at radius 2 is 1.60 bits per heavy atom. The Balaban J connectivity index is 1.51. The van der Waals surface area contributed by atoms with Gasteiger partial charge in [0.15, 0.2) is 0 Å². The average Bonchev–Trinajstić information content (AvgIpc) is 3.46. The first-order chi connectivity index (χ1) is 16.9. The number of nitro groups is 1. The molecule has 5 rings (SSSR count). The molecule has 0 radical (unpaired) electrons. The maximum absolute atomic E-state index is 13.6. The Morgan fingerprint density at radius 3 is 2.29 bits per heavy atom. The molecule has 0 bridgehead atoms. The van der Waals surface area contributed by atoms with Crippen molar-refractivity contribution >= 4 is 29.1 Å². The molecule has 35 heavy (non-hydrogen) atoms. The number of non-ortho nitro benzene ring substituents is 1. The molecule has 0 spiro atoms. The van der Waals surface area contributed by atoms with Crippen molar-refractivity contribution in [2.75, 3.05) is 4.90 Å². The summed E-state index contributed by atoms with van der Waals surface area (Å²) < 4.78 is 5.95. The van der Waals surface area contributed by atoms with Crippen molar-refractivity contribution in [2.24, 2.45) is 0 Å². The molecule has 4 aromatic rings. The summed E-state index contributed by atoms with van der Waals surface area (Å²) in [4.78, 5) is 25.8. The number of anilines is 1. The van der Waals surface area contributed by atoms with E-state index in [1.807, 2.05) is 68.5 Å². The molecule has 6 nitrogen and oxygen atoms in total. The number of carbonyl (C=O) groups is 1. The number of amides is 1. The van der Waals surface area contributed by atoms with Crippen molar-refractivity contribution in [2.45, 2.75) is 13.8 Å². The summed E-state index contributed by atoms with van der Waals surface area (Å²) in [6.45, 7) is 4.08. The highest BCUT2D eigenvalue weighted by molar-refractivity contribution is 6.23. The Morgan fingerprint density at radius 1 is 0.857 bits per heavy atom. The molecule has 1 amide bonds. The van der Waals surface area contributed by atoms with Gasteiger partial charge in [0.1, 0.15) is 11.5 Å². The fraction of sp³-hybridized carbons (Fsp3) is 0.0690. The molecular formula is C29H22N2O4. The van der Waals surface area contributed by atoms with Crippen LogP contribution in [-0.4, -0.2) is 10.8 Å². The van der Waals surface area contributed by atoms with E-state index in [0.29, 0.717) is 17.1 Å². The number of nitrogens with zero attached hydrogens (tertiary/aromatic N) is 2. The zero-order valence-corrected chi connectivity index (χ0v) is 19.3. The zero-order chi connectivity index (χ0) is 24.5. The van der Waals surface area contributed by atoms with Gasteiger partial charge in [-0.05, 0) is 79.1 Å². The smallest absolute Gasteiger partial charge is 0.269 e. The maximum atomic E-state index is 13.6. The molecule has 0 aliphatic carbocycles. The molecule has 0 saturated carbocycles. The fourth-order valence-corrected chi connectivity index (χ4v) is 4.04. The van der Waals surface area contributed by atoms with Crippen molar-refractivity contribution in [3.63, 3.8) is 0 Å². The summed E-state index contributed by atoms with van der Waals surface area (Å²) in [7, 11) is 0. The van der Waals surface area contributed by atoms with E-state index in [1.54, 1.807) is 35.2 Å². The Bertz CT molecular complexity index is 1500. The average molecular weight is 463 g/mol. The molecule has 6 heteroatoms. The highest BCUT2D eigenvalue weighted by Crippen LogP contribution is 2.36. The van der Waals surface area contributed by atoms with Gasteiger partial charge in [0.05, 0.1) is 10.6 Å². The molecule has 1 aromatic heterocycles. The van der Waals surface area contributed by atoms with E-state index in [9.17, 15) is 14.9 Å². The van der Waals surface area contributed by atoms with Crippen LogP contribution in [0.4, 0.5) is 11.4 Å². The molecule has 0 saturated heterocycles. The summed E-state index contributed by atoms with van der Waals surface area (Å²) in [6.07, 6.45) is 3.60. The fourth-order valence-electron chi connectivity index (χ4n) is 4.04. The van der Waals surface area contributed by atoms with Gasteiger partial charge in [0, 0.05) is 29.0 Å². The van der Waals surface area contributed by atoms with Crippen molar-refractivity contribution in [1.29, 1.82) is 0 Å². The van der Waals surface area contributed by atoms with Crippen LogP contribution in [0.1, 0.15) is 22.5 Å². The standard InChI is InChI=1S/C29H22N2O4/c1-19-8-11-25(16-20(19)2)30-27(21-6-4-3-5-7-21)18-23(29(30)32)17-26-14-15-28(35-26)22-9-12-24(13-10-22)31(33)34/h3-18H,1-2H3. The molecule has 1 aliphatic rings. The van der Waals surface area contributed by atoms with E-state index in [-0.39, 0.29) is 11.6 Å². The lowest BCUT2D eigenvalue weighted by atomic mass is 10.1. The van der Waals surface area contributed by atoms with Gasteiger partial charge in [-0.1, -0.05) is 36.4 Å². The molecule has 172 valence electrons. The molecule has 0 N–H and O–H groups in total. The monoisotopic (exact) mass is 462 g/mol. The third kappa shape index (κ3) is 4.29. The van der Waals surface area contributed by atoms with Gasteiger partial charge in [0.25, 0.3) is 11.6 Å². The Hall–Kier alpha value is -4.71. The summed E-state index contributed by atoms with van der Waals surface area (Å²) in [5.41, 5.74) is 6.06. The van der Waals surface area contributed by atoms with Crippen molar-refractivity contribution < 1.29 is 14.1 Å². The van der Waals surface area contributed by atoms with E-state index in [1.165, 1.54) is 12.1 Å². The van der Waals surface area contributed by atoms with Crippen molar-refractivity contribution in [1.82, 2.24) is 0 Å². The van der Waals surface area contributed by atoms with Crippen LogP contribution in [0.3, 0.4) is 0 Å². The summed E-state index contributed by atoms with van der Waals surface area (Å²) in [5.74, 6) is 0.947. The molecule has 2 heterocycles. The minimum Gasteiger partial charge on any atom is -0.457 e. The highest BCUT2D eigenvalue weighted by atomic mass is 16.6. The number of aryl methyl sites for hydroxylation is 2. The molecule has 0 fully saturated rings. The number of furan rings is 1. The molecular weight excluding hydrogens is 440 g/mol. The predicted molar refractivity (Wildman–Crippen MR) is 137 cm³/mol. The molecule has 3 aromatic carbocycles. The van der Waals surface area contributed by atoms with Gasteiger partial charge in [-0.3, -0.25) is 19.8 Å². The number of hydrogen-bond donors (Lipinski definition) is 0. The number of nitro benzene ring substituents is 1. The zero-order valence-electron chi connectivity index (χ0n) is 19.3. The number of hydrogen-bond acceptors (Lipinski definition) is 4. The van der Waals surface area contributed by atoms with Crippen LogP contribution < -0.4 is 4.90 Å². The molecule has 0 unspecified atom stereocenters. The first-order valence-electron chi connectivity index (χ1n) is 11.2. The summed E-state index contributed by atoms with van der Waals surface area (Å²) in [6, 6.07) is 25.5. The van der Waals surface area contributed by atoms with Gasteiger partial charge in [-0.2, -0.15) is 0 Å². The first-order valence-corrected chi connectivity index (χ1v) is 11.2. The third-order valence-corrected chi connectivity index (χ3v) is 6.09. The molecule has 0 atom stereocenters. The van der Waals surface area contributed by atoms with E-state index < -0.39 is 4.92 Å². The van der Waals surface area contributed by atoms with Crippen molar-refractivity contribution in [3.05, 3.63) is 129 Å². The quantitative estimate of drug-likeness (QED) is 0.183. The van der Waals surface area contributed by atoms with Gasteiger partial charge < -0.3 is 4.42 Å². The Labute approximate surface area is 202 Å². The number of rotatable bonds is 5. The van der Waals surface area contributed by atoms with Crippen LogP contribution in [0.15, 0.2) is 101 Å². The summed E-state index contributed by atoms with van der Waals surface area (Å²) >= 11 is 0. The second-order valence-corrected chi connectivity index (χ2v) is 8.41. The van der Waals surface area contributed by atoms with E-state index in [0.717, 1.165) is 33.6 Å². The van der Waals surface area contributed by atoms with Gasteiger partial charge >= 0.3 is 0 Å². The van der Waals surface area contributed by atoms with E-state index in [2.05, 4.69) is 0 Å². The van der Waals surface area contributed by atoms with Crippen LogP contribution >= 0.6 is 0 Å². The lowest BCUT2D eigenvalue weighted by Gasteiger charge is -2.21. The van der Waals surface area contributed by atoms with Crippen LogP contribution in [0, 0.1) is 24.0 Å². The number of benzene rings is 3. The van der Waals surface area contributed by atoms with E-state index >= 15 is 0 Å². The van der Waals surface area contributed by atoms with Crippen LogP contribution in [-0.2, 0) is 4.79 Å². The lowest BCUT2D eigenvalue weighted by molar-refractivity contribution is -0.384. The third-order valence-electron chi connectivity index (χ3n) is 6.09. The van der Waals surface area contributed by atoms with Gasteiger partial charge in [0.2, 0.25) is 0 Å². The van der Waals surface area contributed by atoms with Gasteiger partial charge in [-0.25, -0.2) is 0 Å². The van der Waals surface area contributed by atoms with Crippen LogP contribution in [0.25, 0.3) is 23.1 Å². The SMILES string of the molecule is Cc1ccc(N2C(=O)C(=Cc3ccc(-c4ccc([N+](=O)[O-])cc4)o3)C=C2c2ccccc2)cc1C. The number of carbonyl (C=O) groups excluding carboxylic acids is 1. The van der Waals surface area contributed by atoms with E-state index in [4.69, 9.17) is 4.42 Å². The highest BCUT2D eigenvalue weighted by Gasteiger charge is 2.30. The second-order valence-electron chi connectivity index (χ2n) is 8.41. The van der Waals surface area contributed by atoms with Crippen LogP contribution in [0.5, 0.6) is 0 Å². The summed E-state index contributed by atoms with van der Waals surface area (Å²) in [5, 5.41) is 10.9. The first kappa shape index (κ1) is 22.1. The predicted octanol–water partition coefficient (Wildman–Crippen LogP) is 6.94. The second kappa shape index (κ2) is 8.91. The minimum atomic E-state index is -0.439. The molecule has 1 aliphatic heterocycles. The largest absolute Gasteiger partial charge is 0.457 e. The minimum absolute atomic E-state index is 0.0178. The van der Waals surface area contributed by atoms with Crippen LogP contribution in [0.2, 0.25) is 0 Å².